The molecule has 0 amide bonds. The maximum atomic E-state index is 12.9. The number of hydrogen-bond donors (Lipinski definition) is 1. The van der Waals surface area contributed by atoms with E-state index in [9.17, 15) is 4.79 Å². The van der Waals surface area contributed by atoms with Crippen LogP contribution in [0.15, 0.2) is 59.8 Å². The Morgan fingerprint density at radius 3 is 2.59 bits per heavy atom. The van der Waals surface area contributed by atoms with E-state index in [2.05, 4.69) is 26.7 Å². The van der Waals surface area contributed by atoms with E-state index in [1.807, 2.05) is 61.5 Å². The standard InChI is InChI=1S/C21H20N4OS/c1-3-25-20(15-9-5-4-6-10-15)23-24-21(25)27-13-18(26)19-14(2)22-17-12-8-7-11-16(17)19/h4-12,22H,3,13H2,1-2H3. The number of H-pyrrole nitrogens is 1. The van der Waals surface area contributed by atoms with Gasteiger partial charge in [0.05, 0.1) is 5.75 Å². The Bertz CT molecular complexity index is 1100. The summed E-state index contributed by atoms with van der Waals surface area (Å²) < 4.78 is 2.05. The van der Waals surface area contributed by atoms with Gasteiger partial charge in [-0.1, -0.05) is 60.3 Å². The average Bonchev–Trinajstić information content (AvgIpc) is 3.26. The summed E-state index contributed by atoms with van der Waals surface area (Å²) in [5.74, 6) is 1.26. The van der Waals surface area contributed by atoms with Gasteiger partial charge in [-0.2, -0.15) is 0 Å². The quantitative estimate of drug-likeness (QED) is 0.390. The maximum Gasteiger partial charge on any atom is 0.191 e. The van der Waals surface area contributed by atoms with E-state index in [-0.39, 0.29) is 5.78 Å². The van der Waals surface area contributed by atoms with Gasteiger partial charge in [0.1, 0.15) is 0 Å². The number of ketones is 1. The number of aromatic nitrogens is 4. The smallest absolute Gasteiger partial charge is 0.191 e. The van der Waals surface area contributed by atoms with Gasteiger partial charge in [0, 0.05) is 34.3 Å². The minimum atomic E-state index is 0.0989. The lowest BCUT2D eigenvalue weighted by atomic mass is 10.1. The Kier molecular flexibility index (Phi) is 4.81. The molecule has 0 radical (unpaired) electrons. The lowest BCUT2D eigenvalue weighted by molar-refractivity contribution is 0.102. The third-order valence-corrected chi connectivity index (χ3v) is 5.54. The number of carbonyl (C=O) groups is 1. The molecule has 1 N–H and O–H groups in total. The van der Waals surface area contributed by atoms with Gasteiger partial charge in [-0.05, 0) is 19.9 Å². The van der Waals surface area contributed by atoms with Crippen LogP contribution in [-0.4, -0.2) is 31.3 Å². The van der Waals surface area contributed by atoms with E-state index in [1.165, 1.54) is 11.8 Å². The highest BCUT2D eigenvalue weighted by Crippen LogP contribution is 2.27. The number of nitrogens with one attached hydrogen (secondary N) is 1. The zero-order chi connectivity index (χ0) is 18.8. The molecule has 0 saturated heterocycles. The second kappa shape index (κ2) is 7.40. The molecule has 0 spiro atoms. The van der Waals surface area contributed by atoms with Crippen molar-refractivity contribution in [3.05, 3.63) is 65.9 Å². The normalized spacial score (nSPS) is 11.2. The minimum absolute atomic E-state index is 0.0989. The number of benzene rings is 2. The summed E-state index contributed by atoms with van der Waals surface area (Å²) in [4.78, 5) is 16.2. The number of Topliss-reactive ketones (excluding diaryl/α,β-unsaturated/α-hetero) is 1. The highest BCUT2D eigenvalue weighted by atomic mass is 32.2. The van der Waals surface area contributed by atoms with E-state index >= 15 is 0 Å². The average molecular weight is 376 g/mol. The zero-order valence-electron chi connectivity index (χ0n) is 15.3. The van der Waals surface area contributed by atoms with Crippen LogP contribution in [0.4, 0.5) is 0 Å². The fourth-order valence-corrected chi connectivity index (χ4v) is 4.19. The monoisotopic (exact) mass is 376 g/mol. The van der Waals surface area contributed by atoms with Gasteiger partial charge >= 0.3 is 0 Å². The SMILES string of the molecule is CCn1c(SCC(=O)c2c(C)[nH]c3ccccc23)nnc1-c1ccccc1. The van der Waals surface area contributed by atoms with E-state index in [0.717, 1.165) is 45.2 Å². The van der Waals surface area contributed by atoms with Crippen LogP contribution in [0, 0.1) is 6.92 Å². The van der Waals surface area contributed by atoms with Gasteiger partial charge in [-0.3, -0.25) is 4.79 Å². The molecule has 0 atom stereocenters. The molecule has 136 valence electrons. The number of hydrogen-bond acceptors (Lipinski definition) is 4. The van der Waals surface area contributed by atoms with E-state index in [4.69, 9.17) is 0 Å². The Morgan fingerprint density at radius 1 is 1.07 bits per heavy atom. The van der Waals surface area contributed by atoms with Crippen molar-refractivity contribution in [1.29, 1.82) is 0 Å². The first-order valence-corrected chi connectivity index (χ1v) is 9.89. The molecule has 4 rings (SSSR count). The Morgan fingerprint density at radius 2 is 1.81 bits per heavy atom. The van der Waals surface area contributed by atoms with Gasteiger partial charge in [0.15, 0.2) is 16.8 Å². The molecule has 6 heteroatoms. The van der Waals surface area contributed by atoms with Crippen LogP contribution < -0.4 is 0 Å². The number of carbonyl (C=O) groups excluding carboxylic acids is 1. The van der Waals surface area contributed by atoms with Crippen LogP contribution in [-0.2, 0) is 6.54 Å². The van der Waals surface area contributed by atoms with Crippen molar-refractivity contribution >= 4 is 28.4 Å². The predicted octanol–water partition coefficient (Wildman–Crippen LogP) is 4.73. The summed E-state index contributed by atoms with van der Waals surface area (Å²) in [6.45, 7) is 4.76. The van der Waals surface area contributed by atoms with Crippen LogP contribution in [0.1, 0.15) is 23.0 Å². The molecule has 0 aliphatic carbocycles. The van der Waals surface area contributed by atoms with Gasteiger partial charge in [0.2, 0.25) is 0 Å². The van der Waals surface area contributed by atoms with Crippen molar-refractivity contribution in [3.8, 4) is 11.4 Å². The molecular formula is C21H20N4OS. The summed E-state index contributed by atoms with van der Waals surface area (Å²) >= 11 is 1.44. The summed E-state index contributed by atoms with van der Waals surface area (Å²) in [6, 6.07) is 17.9. The molecule has 27 heavy (non-hydrogen) atoms. The summed E-state index contributed by atoms with van der Waals surface area (Å²) in [7, 11) is 0. The highest BCUT2D eigenvalue weighted by molar-refractivity contribution is 7.99. The predicted molar refractivity (Wildman–Crippen MR) is 109 cm³/mol. The first-order valence-electron chi connectivity index (χ1n) is 8.91. The molecule has 0 unspecified atom stereocenters. The first kappa shape index (κ1) is 17.5. The molecule has 2 heterocycles. The number of fused-ring (bicyclic) bond motifs is 1. The molecule has 0 fully saturated rings. The fraction of sp³-hybridized carbons (Fsp3) is 0.190. The molecular weight excluding hydrogens is 356 g/mol. The van der Waals surface area contributed by atoms with Crippen LogP contribution >= 0.6 is 11.8 Å². The third-order valence-electron chi connectivity index (χ3n) is 4.57. The molecule has 4 aromatic rings. The molecule has 0 bridgehead atoms. The van der Waals surface area contributed by atoms with Gasteiger partial charge in [-0.25, -0.2) is 0 Å². The molecule has 2 aromatic carbocycles. The Hall–Kier alpha value is -2.86. The molecule has 5 nitrogen and oxygen atoms in total. The van der Waals surface area contributed by atoms with Gasteiger partial charge < -0.3 is 9.55 Å². The Balaban J connectivity index is 1.58. The largest absolute Gasteiger partial charge is 0.358 e. The molecule has 0 saturated carbocycles. The van der Waals surface area contributed by atoms with E-state index in [0.29, 0.717) is 5.75 Å². The van der Waals surface area contributed by atoms with E-state index < -0.39 is 0 Å². The van der Waals surface area contributed by atoms with Crippen LogP contribution in [0.5, 0.6) is 0 Å². The van der Waals surface area contributed by atoms with Crippen molar-refractivity contribution in [2.45, 2.75) is 25.5 Å². The second-order valence-corrected chi connectivity index (χ2v) is 7.24. The summed E-state index contributed by atoms with van der Waals surface area (Å²) in [5, 5.41) is 10.4. The molecule has 2 aromatic heterocycles. The highest BCUT2D eigenvalue weighted by Gasteiger charge is 2.18. The molecule has 0 aliphatic rings. The Labute approximate surface area is 161 Å². The first-order chi connectivity index (χ1) is 13.2. The fourth-order valence-electron chi connectivity index (χ4n) is 3.32. The van der Waals surface area contributed by atoms with Crippen molar-refractivity contribution in [1.82, 2.24) is 19.7 Å². The number of rotatable bonds is 6. The van der Waals surface area contributed by atoms with Crippen molar-refractivity contribution in [3.63, 3.8) is 0 Å². The number of para-hydroxylation sites is 1. The lowest BCUT2D eigenvalue weighted by Gasteiger charge is -2.07. The lowest BCUT2D eigenvalue weighted by Crippen LogP contribution is -2.06. The summed E-state index contributed by atoms with van der Waals surface area (Å²) in [5.41, 5.74) is 3.69. The number of nitrogens with zero attached hydrogens (tertiary/aromatic N) is 3. The zero-order valence-corrected chi connectivity index (χ0v) is 16.1. The number of thioether (sulfide) groups is 1. The third kappa shape index (κ3) is 3.28. The van der Waals surface area contributed by atoms with Crippen molar-refractivity contribution < 1.29 is 4.79 Å². The van der Waals surface area contributed by atoms with Crippen molar-refractivity contribution in [2.75, 3.05) is 5.75 Å². The summed E-state index contributed by atoms with van der Waals surface area (Å²) in [6.07, 6.45) is 0. The minimum Gasteiger partial charge on any atom is -0.358 e. The molecule has 0 aliphatic heterocycles. The van der Waals surface area contributed by atoms with Crippen LogP contribution in [0.3, 0.4) is 0 Å². The second-order valence-electron chi connectivity index (χ2n) is 6.30. The van der Waals surface area contributed by atoms with Crippen LogP contribution in [0.25, 0.3) is 22.3 Å². The van der Waals surface area contributed by atoms with Crippen LogP contribution in [0.2, 0.25) is 0 Å². The van der Waals surface area contributed by atoms with Gasteiger partial charge in [-0.15, -0.1) is 10.2 Å². The maximum absolute atomic E-state index is 12.9. The number of aromatic amines is 1. The van der Waals surface area contributed by atoms with E-state index in [1.54, 1.807) is 0 Å². The number of aryl methyl sites for hydroxylation is 1. The van der Waals surface area contributed by atoms with Crippen molar-refractivity contribution in [2.24, 2.45) is 0 Å². The topological polar surface area (TPSA) is 63.6 Å². The van der Waals surface area contributed by atoms with Gasteiger partial charge in [0.25, 0.3) is 0 Å².